The Morgan fingerprint density at radius 1 is 1.30 bits per heavy atom. The summed E-state index contributed by atoms with van der Waals surface area (Å²) in [4.78, 5) is 11.1. The van der Waals surface area contributed by atoms with Crippen LogP contribution < -0.4 is 10.2 Å². The molecular formula is C15H26N4O. The molecule has 20 heavy (non-hydrogen) atoms. The van der Waals surface area contributed by atoms with E-state index >= 15 is 0 Å². The van der Waals surface area contributed by atoms with Gasteiger partial charge in [0.05, 0.1) is 6.61 Å². The van der Waals surface area contributed by atoms with Crippen molar-refractivity contribution in [3.63, 3.8) is 0 Å². The molecule has 2 rings (SSSR count). The monoisotopic (exact) mass is 278 g/mol. The molecule has 5 nitrogen and oxygen atoms in total. The summed E-state index contributed by atoms with van der Waals surface area (Å²) in [6.45, 7) is 5.78. The molecule has 0 saturated heterocycles. The van der Waals surface area contributed by atoms with Crippen LogP contribution >= 0.6 is 0 Å². The second-order valence-electron chi connectivity index (χ2n) is 5.41. The first kappa shape index (κ1) is 15.0. The molecule has 0 atom stereocenters. The summed E-state index contributed by atoms with van der Waals surface area (Å²) in [6, 6.07) is 0.499. The van der Waals surface area contributed by atoms with Gasteiger partial charge >= 0.3 is 0 Å². The third-order valence-corrected chi connectivity index (χ3v) is 4.03. The van der Waals surface area contributed by atoms with E-state index in [1.165, 1.54) is 32.1 Å². The molecule has 1 aromatic heterocycles. The maximum absolute atomic E-state index is 9.39. The third kappa shape index (κ3) is 3.39. The lowest BCUT2D eigenvalue weighted by molar-refractivity contribution is 0.289. The highest BCUT2D eigenvalue weighted by Crippen LogP contribution is 2.29. The van der Waals surface area contributed by atoms with Gasteiger partial charge in [-0.1, -0.05) is 19.3 Å². The standard InChI is InChI=1S/C15H26N4O/c1-3-16-14-12(2)15(18-11-17-14)19(9-10-20)13-7-5-4-6-8-13/h11,13,20H,3-10H2,1-2H3,(H,16,17,18). The van der Waals surface area contributed by atoms with Gasteiger partial charge < -0.3 is 15.3 Å². The Balaban J connectivity index is 2.25. The predicted octanol–water partition coefficient (Wildman–Crippen LogP) is 2.35. The van der Waals surface area contributed by atoms with E-state index < -0.39 is 0 Å². The molecule has 0 bridgehead atoms. The van der Waals surface area contributed by atoms with Crippen molar-refractivity contribution < 1.29 is 5.11 Å². The highest BCUT2D eigenvalue weighted by Gasteiger charge is 2.24. The Morgan fingerprint density at radius 3 is 2.70 bits per heavy atom. The second-order valence-corrected chi connectivity index (χ2v) is 5.41. The van der Waals surface area contributed by atoms with Gasteiger partial charge in [0.15, 0.2) is 0 Å². The van der Waals surface area contributed by atoms with Crippen molar-refractivity contribution in [2.45, 2.75) is 52.0 Å². The molecule has 5 heteroatoms. The van der Waals surface area contributed by atoms with Crippen molar-refractivity contribution in [2.24, 2.45) is 0 Å². The van der Waals surface area contributed by atoms with E-state index in [-0.39, 0.29) is 6.61 Å². The van der Waals surface area contributed by atoms with Crippen LogP contribution in [0.1, 0.15) is 44.6 Å². The van der Waals surface area contributed by atoms with Crippen LogP contribution in [0.25, 0.3) is 0 Å². The van der Waals surface area contributed by atoms with Crippen molar-refractivity contribution in [1.82, 2.24) is 9.97 Å². The van der Waals surface area contributed by atoms with Crippen LogP contribution in [0.15, 0.2) is 6.33 Å². The average molecular weight is 278 g/mol. The highest BCUT2D eigenvalue weighted by atomic mass is 16.3. The molecule has 1 fully saturated rings. The lowest BCUT2D eigenvalue weighted by Gasteiger charge is -2.35. The number of aliphatic hydroxyl groups excluding tert-OH is 1. The maximum Gasteiger partial charge on any atom is 0.137 e. The zero-order valence-corrected chi connectivity index (χ0v) is 12.6. The minimum atomic E-state index is 0.163. The van der Waals surface area contributed by atoms with Crippen LogP contribution in [0.2, 0.25) is 0 Å². The van der Waals surface area contributed by atoms with Gasteiger partial charge in [0, 0.05) is 24.7 Å². The van der Waals surface area contributed by atoms with Crippen molar-refractivity contribution in [2.75, 3.05) is 29.9 Å². The van der Waals surface area contributed by atoms with E-state index in [9.17, 15) is 5.11 Å². The van der Waals surface area contributed by atoms with Crippen LogP contribution in [0.4, 0.5) is 11.6 Å². The molecule has 2 N–H and O–H groups in total. The number of hydrogen-bond donors (Lipinski definition) is 2. The van der Waals surface area contributed by atoms with Crippen LogP contribution in [0, 0.1) is 6.92 Å². The van der Waals surface area contributed by atoms with E-state index in [4.69, 9.17) is 0 Å². The van der Waals surface area contributed by atoms with E-state index in [1.54, 1.807) is 6.33 Å². The third-order valence-electron chi connectivity index (χ3n) is 4.03. The summed E-state index contributed by atoms with van der Waals surface area (Å²) in [5.74, 6) is 1.87. The first-order valence-corrected chi connectivity index (χ1v) is 7.71. The lowest BCUT2D eigenvalue weighted by atomic mass is 9.94. The molecule has 0 amide bonds. The first-order valence-electron chi connectivity index (χ1n) is 7.71. The fraction of sp³-hybridized carbons (Fsp3) is 0.733. The van der Waals surface area contributed by atoms with E-state index in [1.807, 2.05) is 0 Å². The summed E-state index contributed by atoms with van der Waals surface area (Å²) in [7, 11) is 0. The molecule has 0 aromatic carbocycles. The number of rotatable bonds is 6. The lowest BCUT2D eigenvalue weighted by Crippen LogP contribution is -2.40. The maximum atomic E-state index is 9.39. The van der Waals surface area contributed by atoms with Gasteiger partial charge in [-0.3, -0.25) is 0 Å². The van der Waals surface area contributed by atoms with Gasteiger partial charge in [-0.2, -0.15) is 0 Å². The Morgan fingerprint density at radius 2 is 2.05 bits per heavy atom. The molecule has 0 aliphatic heterocycles. The quantitative estimate of drug-likeness (QED) is 0.836. The molecule has 1 aromatic rings. The molecule has 0 radical (unpaired) electrons. The largest absolute Gasteiger partial charge is 0.395 e. The Labute approximate surface area is 121 Å². The van der Waals surface area contributed by atoms with Crippen LogP contribution in [0.5, 0.6) is 0 Å². The summed E-state index contributed by atoms with van der Waals surface area (Å²) in [5, 5.41) is 12.7. The summed E-state index contributed by atoms with van der Waals surface area (Å²) < 4.78 is 0. The van der Waals surface area contributed by atoms with E-state index in [0.717, 1.165) is 23.7 Å². The smallest absolute Gasteiger partial charge is 0.137 e. The van der Waals surface area contributed by atoms with Gasteiger partial charge in [-0.05, 0) is 26.7 Å². The van der Waals surface area contributed by atoms with Crippen molar-refractivity contribution in [1.29, 1.82) is 0 Å². The Hall–Kier alpha value is -1.36. The molecule has 1 saturated carbocycles. The normalized spacial score (nSPS) is 16.1. The molecular weight excluding hydrogens is 252 g/mol. The number of nitrogens with zero attached hydrogens (tertiary/aromatic N) is 3. The average Bonchev–Trinajstić information content (AvgIpc) is 2.49. The van der Waals surface area contributed by atoms with Gasteiger partial charge in [-0.25, -0.2) is 9.97 Å². The van der Waals surface area contributed by atoms with Crippen molar-refractivity contribution >= 4 is 11.6 Å². The van der Waals surface area contributed by atoms with Crippen LogP contribution in [0.3, 0.4) is 0 Å². The first-order chi connectivity index (χ1) is 9.77. The van der Waals surface area contributed by atoms with Gasteiger partial charge in [0.25, 0.3) is 0 Å². The van der Waals surface area contributed by atoms with Gasteiger partial charge in [-0.15, -0.1) is 0 Å². The molecule has 112 valence electrons. The minimum Gasteiger partial charge on any atom is -0.395 e. The van der Waals surface area contributed by atoms with Crippen molar-refractivity contribution in [3.8, 4) is 0 Å². The topological polar surface area (TPSA) is 61.3 Å². The van der Waals surface area contributed by atoms with Crippen molar-refractivity contribution in [3.05, 3.63) is 11.9 Å². The summed E-state index contributed by atoms with van der Waals surface area (Å²) >= 11 is 0. The van der Waals surface area contributed by atoms with E-state index in [0.29, 0.717) is 12.6 Å². The minimum absolute atomic E-state index is 0.163. The number of aromatic nitrogens is 2. The van der Waals surface area contributed by atoms with Gasteiger partial charge in [0.2, 0.25) is 0 Å². The fourth-order valence-electron chi connectivity index (χ4n) is 3.04. The predicted molar refractivity (Wildman–Crippen MR) is 82.2 cm³/mol. The molecule has 1 heterocycles. The number of nitrogens with one attached hydrogen (secondary N) is 1. The Kier molecular flexibility index (Phi) is 5.59. The van der Waals surface area contributed by atoms with E-state index in [2.05, 4.69) is 34.0 Å². The molecule has 1 aliphatic rings. The second kappa shape index (κ2) is 7.43. The Bertz CT molecular complexity index is 418. The summed E-state index contributed by atoms with van der Waals surface area (Å²) in [6.07, 6.45) is 7.88. The van der Waals surface area contributed by atoms with Crippen LogP contribution in [-0.2, 0) is 0 Å². The zero-order chi connectivity index (χ0) is 14.4. The number of anilines is 2. The molecule has 1 aliphatic carbocycles. The summed E-state index contributed by atoms with van der Waals surface area (Å²) in [5.41, 5.74) is 1.08. The SMILES string of the molecule is CCNc1ncnc(N(CCO)C2CCCCC2)c1C. The highest BCUT2D eigenvalue weighted by molar-refractivity contribution is 5.58. The number of aliphatic hydroxyl groups is 1. The number of hydrogen-bond acceptors (Lipinski definition) is 5. The zero-order valence-electron chi connectivity index (χ0n) is 12.6. The molecule has 0 spiro atoms. The van der Waals surface area contributed by atoms with Gasteiger partial charge in [0.1, 0.15) is 18.0 Å². The molecule has 0 unspecified atom stereocenters. The fourth-order valence-corrected chi connectivity index (χ4v) is 3.04. The van der Waals surface area contributed by atoms with Crippen LogP contribution in [-0.4, -0.2) is 40.8 Å².